The van der Waals surface area contributed by atoms with Crippen LogP contribution in [0.1, 0.15) is 27.6 Å². The van der Waals surface area contributed by atoms with Crippen LogP contribution in [0.15, 0.2) is 34.5 Å². The number of aryl methyl sites for hydroxylation is 3. The lowest BCUT2D eigenvalue weighted by Gasteiger charge is -2.34. The normalized spacial score (nSPS) is 17.3. The Morgan fingerprint density at radius 1 is 1.15 bits per heavy atom. The first kappa shape index (κ1) is 19.5. The third kappa shape index (κ3) is 4.35. The van der Waals surface area contributed by atoms with E-state index in [0.717, 1.165) is 29.8 Å². The van der Waals surface area contributed by atoms with Crippen LogP contribution in [-0.2, 0) is 14.8 Å². The van der Waals surface area contributed by atoms with Gasteiger partial charge in [0, 0.05) is 24.5 Å². The highest BCUT2D eigenvalue weighted by molar-refractivity contribution is 7.89. The van der Waals surface area contributed by atoms with E-state index < -0.39 is 10.0 Å². The van der Waals surface area contributed by atoms with Crippen LogP contribution in [0, 0.1) is 20.8 Å². The monoisotopic (exact) mass is 394 g/mol. The number of ether oxygens (including phenoxy) is 1. The summed E-state index contributed by atoms with van der Waals surface area (Å²) in [6, 6.07) is 7.81. The summed E-state index contributed by atoms with van der Waals surface area (Å²) in [5.74, 6) is 0. The molecular weight excluding hydrogens is 368 g/mol. The molecule has 1 saturated heterocycles. The first-order chi connectivity index (χ1) is 12.4. The third-order valence-corrected chi connectivity index (χ3v) is 7.44. The zero-order valence-electron chi connectivity index (χ0n) is 15.5. The van der Waals surface area contributed by atoms with Crippen molar-refractivity contribution in [2.75, 3.05) is 32.8 Å². The van der Waals surface area contributed by atoms with E-state index in [0.29, 0.717) is 24.7 Å². The fourth-order valence-corrected chi connectivity index (χ4v) is 5.48. The molecule has 1 aliphatic rings. The summed E-state index contributed by atoms with van der Waals surface area (Å²) < 4.78 is 34.1. The summed E-state index contributed by atoms with van der Waals surface area (Å²) in [5.41, 5.74) is 2.87. The van der Waals surface area contributed by atoms with Gasteiger partial charge >= 0.3 is 0 Å². The molecule has 0 aliphatic carbocycles. The van der Waals surface area contributed by atoms with E-state index in [-0.39, 0.29) is 6.04 Å². The Morgan fingerprint density at radius 3 is 2.50 bits per heavy atom. The van der Waals surface area contributed by atoms with Gasteiger partial charge in [-0.05, 0) is 55.0 Å². The summed E-state index contributed by atoms with van der Waals surface area (Å²) in [7, 11) is -3.56. The molecule has 1 aromatic heterocycles. The lowest BCUT2D eigenvalue weighted by Crippen LogP contribution is -2.43. The van der Waals surface area contributed by atoms with Gasteiger partial charge in [-0.25, -0.2) is 13.1 Å². The number of nitrogens with one attached hydrogen (secondary N) is 1. The van der Waals surface area contributed by atoms with Crippen LogP contribution in [0.5, 0.6) is 0 Å². The van der Waals surface area contributed by atoms with Crippen molar-refractivity contribution >= 4 is 21.4 Å². The van der Waals surface area contributed by atoms with Gasteiger partial charge in [0.25, 0.3) is 0 Å². The molecule has 1 aromatic carbocycles. The van der Waals surface area contributed by atoms with Crippen molar-refractivity contribution in [1.29, 1.82) is 0 Å². The van der Waals surface area contributed by atoms with Gasteiger partial charge in [-0.3, -0.25) is 4.90 Å². The number of hydrogen-bond acceptors (Lipinski definition) is 5. The van der Waals surface area contributed by atoms with Crippen LogP contribution in [-0.4, -0.2) is 46.2 Å². The number of thiophene rings is 1. The number of nitrogens with zero attached hydrogens (tertiary/aromatic N) is 1. The predicted molar refractivity (Wildman–Crippen MR) is 105 cm³/mol. The average molecular weight is 395 g/mol. The Bertz CT molecular complexity index is 842. The summed E-state index contributed by atoms with van der Waals surface area (Å²) in [5, 5.41) is 2.03. The van der Waals surface area contributed by atoms with Crippen molar-refractivity contribution in [2.45, 2.75) is 31.7 Å². The molecule has 3 rings (SSSR count). The summed E-state index contributed by atoms with van der Waals surface area (Å²) >= 11 is 1.66. The molecule has 1 N–H and O–H groups in total. The Balaban J connectivity index is 1.81. The lowest BCUT2D eigenvalue weighted by atomic mass is 10.1. The van der Waals surface area contributed by atoms with Crippen LogP contribution in [0.4, 0.5) is 0 Å². The van der Waals surface area contributed by atoms with Gasteiger partial charge in [0.2, 0.25) is 10.0 Å². The van der Waals surface area contributed by atoms with E-state index in [1.165, 1.54) is 4.88 Å². The van der Waals surface area contributed by atoms with Gasteiger partial charge in [-0.2, -0.15) is 0 Å². The minimum atomic E-state index is -3.56. The molecule has 0 spiro atoms. The molecule has 2 aromatic rings. The van der Waals surface area contributed by atoms with Crippen molar-refractivity contribution < 1.29 is 13.2 Å². The van der Waals surface area contributed by atoms with Crippen molar-refractivity contribution in [3.63, 3.8) is 0 Å². The van der Waals surface area contributed by atoms with Crippen LogP contribution in [0.2, 0.25) is 0 Å². The number of benzene rings is 1. The molecule has 1 atom stereocenters. The predicted octanol–water partition coefficient (Wildman–Crippen LogP) is 3.03. The highest BCUT2D eigenvalue weighted by Gasteiger charge is 2.26. The van der Waals surface area contributed by atoms with E-state index in [4.69, 9.17) is 4.74 Å². The maximum atomic E-state index is 12.9. The highest BCUT2D eigenvalue weighted by Crippen LogP contribution is 2.26. The molecule has 5 nitrogen and oxygen atoms in total. The van der Waals surface area contributed by atoms with E-state index in [1.807, 2.05) is 38.3 Å². The molecule has 2 heterocycles. The van der Waals surface area contributed by atoms with Gasteiger partial charge in [0.15, 0.2) is 0 Å². The molecule has 1 aliphatic heterocycles. The largest absolute Gasteiger partial charge is 0.379 e. The zero-order chi connectivity index (χ0) is 18.7. The molecule has 7 heteroatoms. The summed E-state index contributed by atoms with van der Waals surface area (Å²) in [6.07, 6.45) is 0. The Kier molecular flexibility index (Phi) is 6.14. The number of morpholine rings is 1. The average Bonchev–Trinajstić information content (AvgIpc) is 3.13. The van der Waals surface area contributed by atoms with Crippen LogP contribution < -0.4 is 4.72 Å². The second kappa shape index (κ2) is 8.19. The van der Waals surface area contributed by atoms with Crippen molar-refractivity contribution in [3.8, 4) is 0 Å². The number of sulfonamides is 1. The summed E-state index contributed by atoms with van der Waals surface area (Å²) in [4.78, 5) is 3.84. The Hall–Kier alpha value is -1.25. The number of hydrogen-bond donors (Lipinski definition) is 1. The lowest BCUT2D eigenvalue weighted by molar-refractivity contribution is 0.0179. The second-order valence-corrected chi connectivity index (χ2v) is 9.45. The van der Waals surface area contributed by atoms with Gasteiger partial charge < -0.3 is 4.74 Å². The van der Waals surface area contributed by atoms with Crippen LogP contribution in [0.3, 0.4) is 0 Å². The maximum absolute atomic E-state index is 12.9. The molecule has 0 saturated carbocycles. The molecule has 142 valence electrons. The zero-order valence-corrected chi connectivity index (χ0v) is 17.1. The molecule has 1 unspecified atom stereocenters. The number of rotatable bonds is 6. The van der Waals surface area contributed by atoms with E-state index in [2.05, 4.69) is 15.7 Å². The quantitative estimate of drug-likeness (QED) is 0.818. The van der Waals surface area contributed by atoms with Crippen molar-refractivity contribution in [1.82, 2.24) is 9.62 Å². The smallest absolute Gasteiger partial charge is 0.240 e. The van der Waals surface area contributed by atoms with Crippen LogP contribution >= 0.6 is 11.3 Å². The SMILES string of the molecule is Cc1cc(C)c(S(=O)(=O)NCC(c2cccs2)N2CCOCC2)cc1C. The first-order valence-electron chi connectivity index (χ1n) is 8.81. The van der Waals surface area contributed by atoms with E-state index >= 15 is 0 Å². The molecule has 26 heavy (non-hydrogen) atoms. The molecule has 0 radical (unpaired) electrons. The highest BCUT2D eigenvalue weighted by atomic mass is 32.2. The molecular formula is C19H26N2O3S2. The topological polar surface area (TPSA) is 58.6 Å². The standard InChI is InChI=1S/C19H26N2O3S2/c1-14-11-16(3)19(12-15(14)2)26(22,23)20-13-17(18-5-4-10-25-18)21-6-8-24-9-7-21/h4-5,10-12,17,20H,6-9,13H2,1-3H3. The molecule has 0 amide bonds. The first-order valence-corrected chi connectivity index (χ1v) is 11.2. The van der Waals surface area contributed by atoms with Crippen molar-refractivity contribution in [3.05, 3.63) is 51.2 Å². The van der Waals surface area contributed by atoms with Crippen molar-refractivity contribution in [2.24, 2.45) is 0 Å². The van der Waals surface area contributed by atoms with Crippen LogP contribution in [0.25, 0.3) is 0 Å². The van der Waals surface area contributed by atoms with Gasteiger partial charge in [0.1, 0.15) is 0 Å². The van der Waals surface area contributed by atoms with Gasteiger partial charge in [0.05, 0.1) is 24.2 Å². The molecule has 0 bridgehead atoms. The van der Waals surface area contributed by atoms with E-state index in [1.54, 1.807) is 17.4 Å². The Morgan fingerprint density at radius 2 is 1.85 bits per heavy atom. The maximum Gasteiger partial charge on any atom is 0.240 e. The van der Waals surface area contributed by atoms with Gasteiger partial charge in [-0.1, -0.05) is 12.1 Å². The van der Waals surface area contributed by atoms with Gasteiger partial charge in [-0.15, -0.1) is 11.3 Å². The second-order valence-electron chi connectivity index (χ2n) is 6.73. The summed E-state index contributed by atoms with van der Waals surface area (Å²) in [6.45, 7) is 9.14. The fourth-order valence-electron chi connectivity index (χ4n) is 3.27. The Labute approximate surface area is 160 Å². The van der Waals surface area contributed by atoms with E-state index in [9.17, 15) is 8.42 Å². The third-order valence-electron chi connectivity index (χ3n) is 4.91. The minimum absolute atomic E-state index is 0.0283. The minimum Gasteiger partial charge on any atom is -0.379 e. The fraction of sp³-hybridized carbons (Fsp3) is 0.474. The molecule has 1 fully saturated rings.